The lowest BCUT2D eigenvalue weighted by molar-refractivity contribution is -0.145. The van der Waals surface area contributed by atoms with Crippen molar-refractivity contribution in [1.82, 2.24) is 0 Å². The summed E-state index contributed by atoms with van der Waals surface area (Å²) in [5, 5.41) is 3.00. The summed E-state index contributed by atoms with van der Waals surface area (Å²) in [7, 11) is 0. The maximum Gasteiger partial charge on any atom is 0.310 e. The first-order chi connectivity index (χ1) is 15.7. The summed E-state index contributed by atoms with van der Waals surface area (Å²) in [5.74, 6) is 1.11. The van der Waals surface area contributed by atoms with Crippen molar-refractivity contribution in [3.8, 4) is 22.6 Å². The van der Waals surface area contributed by atoms with Gasteiger partial charge in [-0.1, -0.05) is 48.5 Å². The normalized spacial score (nSPS) is 27.2. The first-order valence-electron chi connectivity index (χ1n) is 11.1. The molecule has 2 aliphatic carbocycles. The van der Waals surface area contributed by atoms with Gasteiger partial charge in [0, 0.05) is 17.2 Å². The van der Waals surface area contributed by atoms with Gasteiger partial charge in [-0.3, -0.25) is 9.59 Å². The molecule has 32 heavy (non-hydrogen) atoms. The van der Waals surface area contributed by atoms with Crippen LogP contribution in [0.25, 0.3) is 11.1 Å². The van der Waals surface area contributed by atoms with Crippen LogP contribution in [0.5, 0.6) is 11.5 Å². The third kappa shape index (κ3) is 3.16. The Morgan fingerprint density at radius 1 is 0.906 bits per heavy atom. The van der Waals surface area contributed by atoms with E-state index in [4.69, 9.17) is 9.47 Å². The summed E-state index contributed by atoms with van der Waals surface area (Å²) in [5.41, 5.74) is 2.80. The fraction of sp³-hybridized carbons (Fsp3) is 0.259. The number of anilines is 1. The zero-order valence-corrected chi connectivity index (χ0v) is 17.4. The fourth-order valence-corrected chi connectivity index (χ4v) is 5.73. The average molecular weight is 425 g/mol. The van der Waals surface area contributed by atoms with Gasteiger partial charge in [0.15, 0.2) is 0 Å². The highest BCUT2D eigenvalue weighted by Gasteiger charge is 2.63. The van der Waals surface area contributed by atoms with Crippen LogP contribution in [0.3, 0.4) is 0 Å². The number of carbonyl (C=O) groups excluding carboxylic acids is 2. The molecular weight excluding hydrogens is 402 g/mol. The highest BCUT2D eigenvalue weighted by atomic mass is 16.6. The minimum atomic E-state index is -0.278. The van der Waals surface area contributed by atoms with Crippen molar-refractivity contribution in [1.29, 1.82) is 0 Å². The number of hydrogen-bond acceptors (Lipinski definition) is 4. The molecule has 1 aliphatic heterocycles. The lowest BCUT2D eigenvalue weighted by atomic mass is 9.79. The Labute approximate surface area is 186 Å². The largest absolute Gasteiger partial charge is 0.462 e. The molecule has 2 bridgehead atoms. The van der Waals surface area contributed by atoms with Crippen molar-refractivity contribution in [2.45, 2.75) is 18.9 Å². The van der Waals surface area contributed by atoms with E-state index >= 15 is 0 Å². The van der Waals surface area contributed by atoms with E-state index in [1.807, 2.05) is 66.7 Å². The van der Waals surface area contributed by atoms with Gasteiger partial charge in [-0.15, -0.1) is 0 Å². The van der Waals surface area contributed by atoms with Gasteiger partial charge >= 0.3 is 5.97 Å². The van der Waals surface area contributed by atoms with Crippen LogP contribution in [0.15, 0.2) is 78.9 Å². The van der Waals surface area contributed by atoms with E-state index in [0.717, 1.165) is 29.7 Å². The van der Waals surface area contributed by atoms with Gasteiger partial charge < -0.3 is 14.8 Å². The highest BCUT2D eigenvalue weighted by molar-refractivity contribution is 5.97. The molecule has 0 radical (unpaired) electrons. The van der Waals surface area contributed by atoms with Gasteiger partial charge in [0.25, 0.3) is 0 Å². The van der Waals surface area contributed by atoms with Crippen molar-refractivity contribution in [3.63, 3.8) is 0 Å². The number of rotatable bonds is 5. The van der Waals surface area contributed by atoms with Crippen LogP contribution >= 0.6 is 0 Å². The molecule has 1 N–H and O–H groups in total. The number of fused-ring (bicyclic) bond motifs is 1. The van der Waals surface area contributed by atoms with Gasteiger partial charge in [-0.05, 0) is 54.7 Å². The van der Waals surface area contributed by atoms with E-state index in [1.54, 1.807) is 0 Å². The molecule has 1 amide bonds. The maximum atomic E-state index is 13.0. The van der Waals surface area contributed by atoms with E-state index in [2.05, 4.69) is 17.4 Å². The summed E-state index contributed by atoms with van der Waals surface area (Å²) in [6.07, 6.45) is 1.78. The molecule has 2 saturated carbocycles. The van der Waals surface area contributed by atoms with Gasteiger partial charge in [0.1, 0.15) is 17.6 Å². The maximum absolute atomic E-state index is 13.0. The smallest absolute Gasteiger partial charge is 0.310 e. The molecule has 6 rings (SSSR count). The molecule has 3 aromatic rings. The van der Waals surface area contributed by atoms with Crippen LogP contribution in [0.2, 0.25) is 0 Å². The quantitative estimate of drug-likeness (QED) is 0.565. The van der Waals surface area contributed by atoms with E-state index in [9.17, 15) is 9.59 Å². The summed E-state index contributed by atoms with van der Waals surface area (Å²) >= 11 is 0. The van der Waals surface area contributed by atoms with Gasteiger partial charge in [0.2, 0.25) is 5.91 Å². The van der Waals surface area contributed by atoms with Crippen molar-refractivity contribution >= 4 is 17.6 Å². The van der Waals surface area contributed by atoms with Crippen molar-refractivity contribution in [2.75, 3.05) is 5.32 Å². The third-order valence-corrected chi connectivity index (χ3v) is 7.11. The van der Waals surface area contributed by atoms with E-state index in [1.165, 1.54) is 0 Å². The molecule has 1 saturated heterocycles. The molecule has 1 heterocycles. The monoisotopic (exact) mass is 425 g/mol. The number of benzene rings is 3. The second-order valence-electron chi connectivity index (χ2n) is 8.90. The zero-order chi connectivity index (χ0) is 21.7. The minimum absolute atomic E-state index is 0.0387. The van der Waals surface area contributed by atoms with Crippen LogP contribution < -0.4 is 10.1 Å². The van der Waals surface area contributed by atoms with E-state index < -0.39 is 0 Å². The highest BCUT2D eigenvalue weighted by Crippen LogP contribution is 2.57. The van der Waals surface area contributed by atoms with Gasteiger partial charge in [-0.25, -0.2) is 0 Å². The molecule has 5 unspecified atom stereocenters. The molecule has 0 spiro atoms. The van der Waals surface area contributed by atoms with Crippen molar-refractivity contribution in [2.24, 2.45) is 23.7 Å². The number of para-hydroxylation sites is 1. The summed E-state index contributed by atoms with van der Waals surface area (Å²) in [4.78, 5) is 25.2. The third-order valence-electron chi connectivity index (χ3n) is 7.11. The van der Waals surface area contributed by atoms with Gasteiger partial charge in [-0.2, -0.15) is 0 Å². The first-order valence-corrected chi connectivity index (χ1v) is 11.1. The number of ether oxygens (including phenoxy) is 2. The second kappa shape index (κ2) is 7.52. The SMILES string of the molecule is O=C(Nc1ccc(Oc2ccccc2-c2ccccc2)cc1)C1C2CC3OC(=O)C1C3C2. The minimum Gasteiger partial charge on any atom is -0.462 e. The molecule has 3 fully saturated rings. The number of nitrogens with one attached hydrogen (secondary N) is 1. The predicted molar refractivity (Wildman–Crippen MR) is 120 cm³/mol. The van der Waals surface area contributed by atoms with Gasteiger partial charge in [0.05, 0.1) is 11.8 Å². The molecule has 5 nitrogen and oxygen atoms in total. The first kappa shape index (κ1) is 19.1. The standard InChI is InChI=1S/C27H23NO4/c29-26(24-17-14-21-23(15-17)32-27(30)25(21)24)28-18-10-12-19(13-11-18)31-22-9-5-4-8-20(22)16-6-2-1-3-7-16/h1-13,17,21,23-25H,14-15H2,(H,28,29). The molecule has 5 heteroatoms. The fourth-order valence-electron chi connectivity index (χ4n) is 5.73. The summed E-state index contributed by atoms with van der Waals surface area (Å²) < 4.78 is 11.6. The summed E-state index contributed by atoms with van der Waals surface area (Å²) in [6.45, 7) is 0. The molecular formula is C27H23NO4. The molecule has 160 valence electrons. The van der Waals surface area contributed by atoms with Crippen LogP contribution in [0.1, 0.15) is 12.8 Å². The summed E-state index contributed by atoms with van der Waals surface area (Å²) in [6, 6.07) is 25.4. The Morgan fingerprint density at radius 2 is 1.66 bits per heavy atom. The topological polar surface area (TPSA) is 64.6 Å². The molecule has 0 aromatic heterocycles. The predicted octanol–water partition coefficient (Wildman–Crippen LogP) is 5.28. The lowest BCUT2D eigenvalue weighted by Crippen LogP contribution is -2.35. The molecule has 5 atom stereocenters. The van der Waals surface area contributed by atoms with Crippen LogP contribution in [-0.4, -0.2) is 18.0 Å². The lowest BCUT2D eigenvalue weighted by Gasteiger charge is -2.23. The number of carbonyl (C=O) groups is 2. The zero-order valence-electron chi connectivity index (χ0n) is 17.4. The van der Waals surface area contributed by atoms with Crippen LogP contribution in [-0.2, 0) is 14.3 Å². The Morgan fingerprint density at radius 3 is 2.47 bits per heavy atom. The van der Waals surface area contributed by atoms with E-state index in [0.29, 0.717) is 11.4 Å². The van der Waals surface area contributed by atoms with E-state index in [-0.39, 0.29) is 41.7 Å². The van der Waals surface area contributed by atoms with Crippen LogP contribution in [0, 0.1) is 23.7 Å². The Balaban J connectivity index is 1.16. The number of esters is 1. The van der Waals surface area contributed by atoms with Crippen molar-refractivity contribution in [3.05, 3.63) is 78.9 Å². The Kier molecular flexibility index (Phi) is 4.49. The van der Waals surface area contributed by atoms with Crippen LogP contribution in [0.4, 0.5) is 5.69 Å². The van der Waals surface area contributed by atoms with Crippen molar-refractivity contribution < 1.29 is 19.1 Å². The molecule has 3 aromatic carbocycles. The Bertz CT molecular complexity index is 1170. The second-order valence-corrected chi connectivity index (χ2v) is 8.90. The molecule has 3 aliphatic rings. The number of amides is 1. The average Bonchev–Trinajstić information content (AvgIpc) is 3.44. The Hall–Kier alpha value is -3.60. The number of hydrogen-bond donors (Lipinski definition) is 1.